The van der Waals surface area contributed by atoms with E-state index in [0.717, 1.165) is 18.0 Å². The molecule has 0 radical (unpaired) electrons. The van der Waals surface area contributed by atoms with Gasteiger partial charge in [-0.05, 0) is 64.3 Å². The molecule has 18 heavy (non-hydrogen) atoms. The zero-order chi connectivity index (χ0) is 12.8. The third-order valence-electron chi connectivity index (χ3n) is 4.84. The minimum Gasteiger partial charge on any atom is -0.314 e. The van der Waals surface area contributed by atoms with Crippen molar-refractivity contribution in [3.63, 3.8) is 0 Å². The summed E-state index contributed by atoms with van der Waals surface area (Å²) < 4.78 is 0. The molecule has 0 aromatic carbocycles. The van der Waals surface area contributed by atoms with E-state index in [1.165, 1.54) is 64.3 Å². The van der Waals surface area contributed by atoms with Crippen LogP contribution in [0.4, 0.5) is 0 Å². The summed E-state index contributed by atoms with van der Waals surface area (Å²) in [6.45, 7) is 6.01. The van der Waals surface area contributed by atoms with Crippen LogP contribution in [-0.2, 0) is 0 Å². The predicted molar refractivity (Wildman–Crippen MR) is 78.9 cm³/mol. The second-order valence-electron chi connectivity index (χ2n) is 6.76. The van der Waals surface area contributed by atoms with Crippen molar-refractivity contribution in [2.45, 2.75) is 89.8 Å². The Balaban J connectivity index is 1.66. The van der Waals surface area contributed by atoms with Crippen LogP contribution in [0.5, 0.6) is 0 Å². The number of nitrogens with one attached hydrogen (secondary N) is 2. The lowest BCUT2D eigenvalue weighted by Crippen LogP contribution is -2.42. The van der Waals surface area contributed by atoms with Crippen molar-refractivity contribution in [2.75, 3.05) is 6.54 Å². The first-order chi connectivity index (χ1) is 8.74. The van der Waals surface area contributed by atoms with E-state index in [9.17, 15) is 0 Å². The van der Waals surface area contributed by atoms with Crippen LogP contribution in [0.25, 0.3) is 0 Å². The Bertz CT molecular complexity index is 213. The molecule has 2 unspecified atom stereocenters. The van der Waals surface area contributed by atoms with Gasteiger partial charge in [0.25, 0.3) is 0 Å². The molecule has 0 amide bonds. The third kappa shape index (κ3) is 4.89. The highest BCUT2D eigenvalue weighted by molar-refractivity contribution is 4.81. The van der Waals surface area contributed by atoms with Gasteiger partial charge in [-0.15, -0.1) is 0 Å². The lowest BCUT2D eigenvalue weighted by Gasteiger charge is -2.31. The summed E-state index contributed by atoms with van der Waals surface area (Å²) in [6, 6.07) is 2.23. The zero-order valence-corrected chi connectivity index (χ0v) is 12.4. The van der Waals surface area contributed by atoms with Crippen LogP contribution in [0.15, 0.2) is 0 Å². The fourth-order valence-electron chi connectivity index (χ4n) is 3.63. The molecule has 0 spiro atoms. The SMILES string of the molecule is CC1CCC(NC(C)CC2CCCCCN2)CC1. The van der Waals surface area contributed by atoms with Gasteiger partial charge in [-0.3, -0.25) is 0 Å². The van der Waals surface area contributed by atoms with Gasteiger partial charge >= 0.3 is 0 Å². The van der Waals surface area contributed by atoms with E-state index >= 15 is 0 Å². The quantitative estimate of drug-likeness (QED) is 0.800. The molecule has 2 nitrogen and oxygen atoms in total. The van der Waals surface area contributed by atoms with Crippen LogP contribution in [0.2, 0.25) is 0 Å². The predicted octanol–water partition coefficient (Wildman–Crippen LogP) is 3.47. The fraction of sp³-hybridized carbons (Fsp3) is 1.00. The minimum absolute atomic E-state index is 0.680. The second kappa shape index (κ2) is 7.49. The maximum atomic E-state index is 3.87. The van der Waals surface area contributed by atoms with Crippen LogP contribution in [0.3, 0.4) is 0 Å². The molecule has 1 aliphatic heterocycles. The largest absolute Gasteiger partial charge is 0.314 e. The van der Waals surface area contributed by atoms with Gasteiger partial charge in [0, 0.05) is 18.1 Å². The first-order valence-corrected chi connectivity index (χ1v) is 8.23. The van der Waals surface area contributed by atoms with E-state index in [2.05, 4.69) is 24.5 Å². The lowest BCUT2D eigenvalue weighted by molar-refractivity contribution is 0.277. The smallest absolute Gasteiger partial charge is 0.00817 e. The van der Waals surface area contributed by atoms with E-state index in [1.807, 2.05) is 0 Å². The highest BCUT2D eigenvalue weighted by atomic mass is 15.0. The summed E-state index contributed by atoms with van der Waals surface area (Å²) in [5.74, 6) is 0.960. The maximum Gasteiger partial charge on any atom is 0.00817 e. The average molecular weight is 252 g/mol. The highest BCUT2D eigenvalue weighted by Gasteiger charge is 2.21. The third-order valence-corrected chi connectivity index (χ3v) is 4.84. The molecule has 2 atom stereocenters. The van der Waals surface area contributed by atoms with E-state index in [4.69, 9.17) is 0 Å². The number of rotatable bonds is 4. The minimum atomic E-state index is 0.680. The van der Waals surface area contributed by atoms with Crippen molar-refractivity contribution < 1.29 is 0 Å². The Morgan fingerprint density at radius 1 is 1.06 bits per heavy atom. The van der Waals surface area contributed by atoms with Crippen molar-refractivity contribution >= 4 is 0 Å². The Labute approximate surface area is 113 Å². The molecule has 2 N–H and O–H groups in total. The van der Waals surface area contributed by atoms with Crippen molar-refractivity contribution in [3.8, 4) is 0 Å². The molecule has 0 bridgehead atoms. The molecular weight excluding hydrogens is 220 g/mol. The summed E-state index contributed by atoms with van der Waals surface area (Å²) in [5.41, 5.74) is 0. The molecule has 1 aliphatic carbocycles. The van der Waals surface area contributed by atoms with Gasteiger partial charge in [0.1, 0.15) is 0 Å². The molecule has 2 fully saturated rings. The van der Waals surface area contributed by atoms with Crippen LogP contribution in [0.1, 0.15) is 71.6 Å². The summed E-state index contributed by atoms with van der Waals surface area (Å²) in [4.78, 5) is 0. The highest BCUT2D eigenvalue weighted by Crippen LogP contribution is 2.24. The van der Waals surface area contributed by atoms with Gasteiger partial charge < -0.3 is 10.6 Å². The van der Waals surface area contributed by atoms with Crippen LogP contribution in [0, 0.1) is 5.92 Å². The molecule has 2 heteroatoms. The van der Waals surface area contributed by atoms with E-state index in [-0.39, 0.29) is 0 Å². The van der Waals surface area contributed by atoms with Crippen molar-refractivity contribution in [1.29, 1.82) is 0 Å². The van der Waals surface area contributed by atoms with Crippen molar-refractivity contribution in [3.05, 3.63) is 0 Å². The standard InChI is InChI=1S/C16H32N2/c1-13-7-9-15(10-8-13)18-14(2)12-16-6-4-3-5-11-17-16/h13-18H,3-12H2,1-2H3. The molecular formula is C16H32N2. The van der Waals surface area contributed by atoms with E-state index in [0.29, 0.717) is 6.04 Å². The Morgan fingerprint density at radius 3 is 2.61 bits per heavy atom. The molecule has 1 heterocycles. The normalized spacial score (nSPS) is 36.0. The lowest BCUT2D eigenvalue weighted by atomic mass is 9.87. The fourth-order valence-corrected chi connectivity index (χ4v) is 3.63. The topological polar surface area (TPSA) is 24.1 Å². The van der Waals surface area contributed by atoms with Gasteiger partial charge in [0.05, 0.1) is 0 Å². The molecule has 1 saturated carbocycles. The van der Waals surface area contributed by atoms with E-state index < -0.39 is 0 Å². The Kier molecular flexibility index (Phi) is 5.97. The van der Waals surface area contributed by atoms with Gasteiger partial charge in [-0.1, -0.05) is 19.8 Å². The Hall–Kier alpha value is -0.0800. The first-order valence-electron chi connectivity index (χ1n) is 8.23. The molecule has 1 saturated heterocycles. The average Bonchev–Trinajstić information content (AvgIpc) is 2.61. The zero-order valence-electron chi connectivity index (χ0n) is 12.4. The maximum absolute atomic E-state index is 3.87. The molecule has 0 aromatic rings. The van der Waals surface area contributed by atoms with Crippen molar-refractivity contribution in [2.24, 2.45) is 5.92 Å². The molecule has 2 aliphatic rings. The molecule has 0 aromatic heterocycles. The first kappa shape index (κ1) is 14.3. The van der Waals surface area contributed by atoms with Gasteiger partial charge in [-0.25, -0.2) is 0 Å². The summed E-state index contributed by atoms with van der Waals surface area (Å²) in [6.07, 6.45) is 12.5. The Morgan fingerprint density at radius 2 is 1.83 bits per heavy atom. The summed E-state index contributed by atoms with van der Waals surface area (Å²) in [7, 11) is 0. The van der Waals surface area contributed by atoms with Gasteiger partial charge in [-0.2, -0.15) is 0 Å². The summed E-state index contributed by atoms with van der Waals surface area (Å²) in [5, 5.41) is 7.58. The van der Waals surface area contributed by atoms with E-state index in [1.54, 1.807) is 0 Å². The monoisotopic (exact) mass is 252 g/mol. The van der Waals surface area contributed by atoms with Gasteiger partial charge in [0.15, 0.2) is 0 Å². The van der Waals surface area contributed by atoms with Crippen molar-refractivity contribution in [1.82, 2.24) is 10.6 Å². The van der Waals surface area contributed by atoms with Crippen LogP contribution in [-0.4, -0.2) is 24.7 Å². The second-order valence-corrected chi connectivity index (χ2v) is 6.76. The summed E-state index contributed by atoms with van der Waals surface area (Å²) >= 11 is 0. The van der Waals surface area contributed by atoms with Crippen LogP contribution < -0.4 is 10.6 Å². The molecule has 106 valence electrons. The van der Waals surface area contributed by atoms with Crippen LogP contribution >= 0.6 is 0 Å². The number of hydrogen-bond acceptors (Lipinski definition) is 2. The number of hydrogen-bond donors (Lipinski definition) is 2. The molecule has 2 rings (SSSR count). The van der Waals surface area contributed by atoms with Gasteiger partial charge in [0.2, 0.25) is 0 Å².